The van der Waals surface area contributed by atoms with Crippen LogP contribution in [-0.2, 0) is 15.3 Å². The standard InChI is InChI=1S/C25H28O6S/c1-30-22-12-8-20(9-13-22)25(19-6-4-3-5-7-19,21-10-14-23(31-2)15-11-21)24(27)18-32(28,29)17-16-26/h3-15,24,26-27H,16-18H2,1-2H3. The molecule has 0 saturated heterocycles. The van der Waals surface area contributed by atoms with Gasteiger partial charge in [-0.05, 0) is 41.0 Å². The first-order chi connectivity index (χ1) is 15.4. The van der Waals surface area contributed by atoms with Crippen LogP contribution in [0, 0.1) is 0 Å². The summed E-state index contributed by atoms with van der Waals surface area (Å²) in [7, 11) is -0.576. The second kappa shape index (κ2) is 10.2. The van der Waals surface area contributed by atoms with Gasteiger partial charge in [-0.1, -0.05) is 54.6 Å². The van der Waals surface area contributed by atoms with Gasteiger partial charge in [0, 0.05) is 0 Å². The minimum atomic E-state index is -3.71. The van der Waals surface area contributed by atoms with Crippen molar-refractivity contribution in [1.82, 2.24) is 0 Å². The Morgan fingerprint density at radius 1 is 0.781 bits per heavy atom. The molecule has 0 spiro atoms. The fourth-order valence-corrected chi connectivity index (χ4v) is 5.25. The van der Waals surface area contributed by atoms with Crippen LogP contribution in [0.25, 0.3) is 0 Å². The number of sulfone groups is 1. The van der Waals surface area contributed by atoms with Crippen LogP contribution in [-0.4, -0.2) is 57.1 Å². The third-order valence-electron chi connectivity index (χ3n) is 5.63. The number of aliphatic hydroxyl groups excluding tert-OH is 2. The van der Waals surface area contributed by atoms with E-state index in [1.165, 1.54) is 0 Å². The van der Waals surface area contributed by atoms with Gasteiger partial charge in [0.2, 0.25) is 0 Å². The van der Waals surface area contributed by atoms with Gasteiger partial charge >= 0.3 is 0 Å². The highest BCUT2D eigenvalue weighted by atomic mass is 32.2. The van der Waals surface area contributed by atoms with E-state index in [4.69, 9.17) is 9.47 Å². The Balaban J connectivity index is 2.30. The number of rotatable bonds is 10. The number of ether oxygens (including phenoxy) is 2. The Hall–Kier alpha value is -2.87. The van der Waals surface area contributed by atoms with Crippen LogP contribution in [0.2, 0.25) is 0 Å². The van der Waals surface area contributed by atoms with E-state index in [0.29, 0.717) is 22.6 Å². The highest BCUT2D eigenvalue weighted by molar-refractivity contribution is 7.91. The van der Waals surface area contributed by atoms with E-state index in [2.05, 4.69) is 0 Å². The Kier molecular flexibility index (Phi) is 7.56. The SMILES string of the molecule is COc1ccc(C(c2ccccc2)(c2ccc(OC)cc2)C(O)CS(=O)(=O)CCO)cc1. The molecule has 0 saturated carbocycles. The topological polar surface area (TPSA) is 93.1 Å². The molecule has 32 heavy (non-hydrogen) atoms. The Morgan fingerprint density at radius 2 is 1.22 bits per heavy atom. The number of hydrogen-bond acceptors (Lipinski definition) is 6. The number of hydrogen-bond donors (Lipinski definition) is 2. The third kappa shape index (κ3) is 4.80. The minimum absolute atomic E-state index is 0.417. The second-order valence-electron chi connectivity index (χ2n) is 7.48. The average Bonchev–Trinajstić information content (AvgIpc) is 2.80. The molecule has 0 aliphatic heterocycles. The zero-order chi connectivity index (χ0) is 23.2. The van der Waals surface area contributed by atoms with Gasteiger partial charge in [-0.25, -0.2) is 8.42 Å². The molecule has 0 aliphatic carbocycles. The van der Waals surface area contributed by atoms with Gasteiger partial charge in [-0.3, -0.25) is 0 Å². The summed E-state index contributed by atoms with van der Waals surface area (Å²) in [6, 6.07) is 23.8. The molecule has 0 amide bonds. The van der Waals surface area contributed by atoms with Crippen LogP contribution in [0.1, 0.15) is 16.7 Å². The molecule has 0 aliphatic rings. The molecule has 0 fully saturated rings. The van der Waals surface area contributed by atoms with Crippen LogP contribution < -0.4 is 9.47 Å². The molecule has 2 N–H and O–H groups in total. The zero-order valence-electron chi connectivity index (χ0n) is 18.1. The highest BCUT2D eigenvalue weighted by Crippen LogP contribution is 2.43. The Bertz CT molecular complexity index is 1050. The molecule has 3 rings (SSSR count). The molecular weight excluding hydrogens is 428 g/mol. The van der Waals surface area contributed by atoms with Crippen molar-refractivity contribution < 1.29 is 28.1 Å². The lowest BCUT2D eigenvalue weighted by Gasteiger charge is -2.40. The van der Waals surface area contributed by atoms with Crippen molar-refractivity contribution in [2.75, 3.05) is 32.3 Å². The first-order valence-corrected chi connectivity index (χ1v) is 12.0. The molecular formula is C25H28O6S. The fourth-order valence-electron chi connectivity index (χ4n) is 4.07. The zero-order valence-corrected chi connectivity index (χ0v) is 19.0. The van der Waals surface area contributed by atoms with Crippen molar-refractivity contribution in [3.05, 3.63) is 95.6 Å². The van der Waals surface area contributed by atoms with Gasteiger partial charge < -0.3 is 19.7 Å². The molecule has 7 heteroatoms. The first kappa shape index (κ1) is 23.8. The van der Waals surface area contributed by atoms with Crippen molar-refractivity contribution in [2.24, 2.45) is 0 Å². The summed E-state index contributed by atoms with van der Waals surface area (Å²) < 4.78 is 35.8. The van der Waals surface area contributed by atoms with E-state index in [1.807, 2.05) is 54.6 Å². The Labute approximate surface area is 189 Å². The summed E-state index contributed by atoms with van der Waals surface area (Å²) in [5.74, 6) is 0.362. The fraction of sp³-hybridized carbons (Fsp3) is 0.280. The van der Waals surface area contributed by atoms with Crippen molar-refractivity contribution in [3.8, 4) is 11.5 Å². The minimum Gasteiger partial charge on any atom is -0.497 e. The van der Waals surface area contributed by atoms with Crippen molar-refractivity contribution in [1.29, 1.82) is 0 Å². The lowest BCUT2D eigenvalue weighted by molar-refractivity contribution is 0.142. The molecule has 0 bridgehead atoms. The molecule has 1 atom stereocenters. The average molecular weight is 457 g/mol. The predicted molar refractivity (Wildman–Crippen MR) is 124 cm³/mol. The van der Waals surface area contributed by atoms with Gasteiger partial charge in [0.15, 0.2) is 9.84 Å². The molecule has 3 aromatic rings. The largest absolute Gasteiger partial charge is 0.497 e. The van der Waals surface area contributed by atoms with E-state index in [9.17, 15) is 18.6 Å². The van der Waals surface area contributed by atoms with Gasteiger partial charge in [0.25, 0.3) is 0 Å². The number of aliphatic hydroxyl groups is 2. The summed E-state index contributed by atoms with van der Waals surface area (Å²) in [6.07, 6.45) is -1.33. The summed E-state index contributed by atoms with van der Waals surface area (Å²) >= 11 is 0. The monoisotopic (exact) mass is 456 g/mol. The molecule has 1 unspecified atom stereocenters. The first-order valence-electron chi connectivity index (χ1n) is 10.2. The number of benzene rings is 3. The van der Waals surface area contributed by atoms with Crippen LogP contribution in [0.5, 0.6) is 11.5 Å². The van der Waals surface area contributed by atoms with Crippen LogP contribution in [0.3, 0.4) is 0 Å². The van der Waals surface area contributed by atoms with E-state index in [0.717, 1.165) is 5.56 Å². The van der Waals surface area contributed by atoms with Crippen LogP contribution in [0.15, 0.2) is 78.9 Å². The molecule has 0 heterocycles. The second-order valence-corrected chi connectivity index (χ2v) is 9.71. The molecule has 3 aromatic carbocycles. The van der Waals surface area contributed by atoms with Gasteiger partial charge in [-0.2, -0.15) is 0 Å². The summed E-state index contributed by atoms with van der Waals surface area (Å²) in [5.41, 5.74) is 0.965. The van der Waals surface area contributed by atoms with Gasteiger partial charge in [0.05, 0.1) is 43.9 Å². The highest BCUT2D eigenvalue weighted by Gasteiger charge is 2.45. The summed E-state index contributed by atoms with van der Waals surface area (Å²) in [5, 5.41) is 20.8. The molecule has 0 radical (unpaired) electrons. The molecule has 170 valence electrons. The normalized spacial score (nSPS) is 12.9. The lowest BCUT2D eigenvalue weighted by Crippen LogP contribution is -2.46. The van der Waals surface area contributed by atoms with Crippen LogP contribution >= 0.6 is 0 Å². The van der Waals surface area contributed by atoms with Crippen molar-refractivity contribution in [3.63, 3.8) is 0 Å². The maximum absolute atomic E-state index is 12.6. The van der Waals surface area contributed by atoms with Crippen LogP contribution in [0.4, 0.5) is 0 Å². The predicted octanol–water partition coefficient (Wildman–Crippen LogP) is 2.81. The van der Waals surface area contributed by atoms with E-state index in [-0.39, 0.29) is 0 Å². The maximum atomic E-state index is 12.6. The van der Waals surface area contributed by atoms with E-state index in [1.54, 1.807) is 38.5 Å². The molecule has 6 nitrogen and oxygen atoms in total. The Morgan fingerprint density at radius 3 is 1.62 bits per heavy atom. The van der Waals surface area contributed by atoms with E-state index >= 15 is 0 Å². The van der Waals surface area contributed by atoms with Crippen molar-refractivity contribution in [2.45, 2.75) is 11.5 Å². The molecule has 0 aromatic heterocycles. The van der Waals surface area contributed by atoms with Gasteiger partial charge in [-0.15, -0.1) is 0 Å². The maximum Gasteiger partial charge on any atom is 0.155 e. The van der Waals surface area contributed by atoms with E-state index < -0.39 is 39.5 Å². The van der Waals surface area contributed by atoms with Crippen molar-refractivity contribution >= 4 is 9.84 Å². The summed E-state index contributed by atoms with van der Waals surface area (Å²) in [4.78, 5) is 0. The smallest absolute Gasteiger partial charge is 0.155 e. The lowest BCUT2D eigenvalue weighted by atomic mass is 9.66. The quantitative estimate of drug-likeness (QED) is 0.456. The summed E-state index contributed by atoms with van der Waals surface area (Å²) in [6.45, 7) is -0.502. The van der Waals surface area contributed by atoms with Gasteiger partial charge in [0.1, 0.15) is 11.5 Å². The number of methoxy groups -OCH3 is 2. The third-order valence-corrected chi connectivity index (χ3v) is 7.26.